The highest BCUT2D eigenvalue weighted by Crippen LogP contribution is 2.26. The Balaban J connectivity index is 2.00. The van der Waals surface area contributed by atoms with Crippen LogP contribution in [0.1, 0.15) is 73.2 Å². The number of fused-ring (bicyclic) bond motifs is 2. The third-order valence-corrected chi connectivity index (χ3v) is 5.06. The van der Waals surface area contributed by atoms with Crippen LogP contribution in [0.4, 0.5) is 0 Å². The molecule has 0 bridgehead atoms. The first-order chi connectivity index (χ1) is 13.6. The zero-order chi connectivity index (χ0) is 20.1. The van der Waals surface area contributed by atoms with Gasteiger partial charge < -0.3 is 14.0 Å². The third kappa shape index (κ3) is 4.06. The number of unbranched alkanes of at least 4 members (excludes halogenated alkanes) is 2. The number of rotatable bonds is 8. The van der Waals surface area contributed by atoms with Crippen molar-refractivity contribution in [2.24, 2.45) is 0 Å². The van der Waals surface area contributed by atoms with Gasteiger partial charge in [-0.25, -0.2) is 4.79 Å². The number of carbonyl (C=O) groups excluding carboxylic acids is 2. The molecule has 2 aliphatic rings. The van der Waals surface area contributed by atoms with Gasteiger partial charge in [0.2, 0.25) is 5.43 Å². The van der Waals surface area contributed by atoms with Crippen molar-refractivity contribution in [3.8, 4) is 5.75 Å². The molecule has 8 nitrogen and oxygen atoms in total. The first-order valence-electron chi connectivity index (χ1n) is 10.2. The number of ether oxygens (including phenoxy) is 2. The van der Waals surface area contributed by atoms with E-state index >= 15 is 0 Å². The average Bonchev–Trinajstić information content (AvgIpc) is 2.70. The molecule has 0 aliphatic carbocycles. The molecule has 1 amide bonds. The summed E-state index contributed by atoms with van der Waals surface area (Å²) in [7, 11) is 0. The van der Waals surface area contributed by atoms with Crippen molar-refractivity contribution in [1.29, 1.82) is 0 Å². The highest BCUT2D eigenvalue weighted by Gasteiger charge is 2.37. The van der Waals surface area contributed by atoms with Crippen LogP contribution in [0, 0.1) is 0 Å². The van der Waals surface area contributed by atoms with Crippen LogP contribution in [-0.4, -0.2) is 52.8 Å². The predicted molar refractivity (Wildman–Crippen MR) is 103 cm³/mol. The van der Waals surface area contributed by atoms with Crippen molar-refractivity contribution in [1.82, 2.24) is 14.6 Å². The van der Waals surface area contributed by atoms with Crippen molar-refractivity contribution >= 4 is 11.9 Å². The predicted octanol–water partition coefficient (Wildman–Crippen LogP) is 2.41. The Morgan fingerprint density at radius 1 is 1.07 bits per heavy atom. The van der Waals surface area contributed by atoms with Crippen LogP contribution in [-0.2, 0) is 11.4 Å². The van der Waals surface area contributed by atoms with Gasteiger partial charge in [0.1, 0.15) is 5.56 Å². The maximum Gasteiger partial charge on any atom is 0.343 e. The summed E-state index contributed by atoms with van der Waals surface area (Å²) < 4.78 is 12.6. The molecule has 0 N–H and O–H groups in total. The van der Waals surface area contributed by atoms with Gasteiger partial charge in [0.15, 0.2) is 11.4 Å². The van der Waals surface area contributed by atoms with Gasteiger partial charge in [-0.15, -0.1) is 0 Å². The van der Waals surface area contributed by atoms with E-state index in [9.17, 15) is 14.4 Å². The average molecular weight is 391 g/mol. The van der Waals surface area contributed by atoms with Gasteiger partial charge in [-0.2, -0.15) is 5.01 Å². The fraction of sp³-hybridized carbons (Fsp3) is 0.650. The number of pyridine rings is 1. The topological polar surface area (TPSA) is 81.1 Å². The third-order valence-electron chi connectivity index (χ3n) is 5.06. The summed E-state index contributed by atoms with van der Waals surface area (Å²) in [6.45, 7) is 6.40. The number of hydrogen-bond acceptors (Lipinski definition) is 6. The van der Waals surface area contributed by atoms with Crippen LogP contribution in [0.2, 0.25) is 0 Å². The van der Waals surface area contributed by atoms with Crippen LogP contribution in [0.5, 0.6) is 5.75 Å². The van der Waals surface area contributed by atoms with E-state index in [2.05, 4.69) is 0 Å². The van der Waals surface area contributed by atoms with Gasteiger partial charge in [0.05, 0.1) is 19.9 Å². The Hall–Kier alpha value is -2.35. The SMILES string of the molecule is CCCCOC(=O)c1cn2c(c(OCCCC)c1=O)C(=O)N1CCCCN1C2. The zero-order valence-corrected chi connectivity index (χ0v) is 16.7. The minimum Gasteiger partial charge on any atom is -0.487 e. The highest BCUT2D eigenvalue weighted by molar-refractivity contribution is 5.97. The van der Waals surface area contributed by atoms with E-state index in [-0.39, 0.29) is 29.5 Å². The highest BCUT2D eigenvalue weighted by atomic mass is 16.5. The molecule has 3 rings (SSSR count). The molecule has 1 fully saturated rings. The van der Waals surface area contributed by atoms with Crippen molar-refractivity contribution in [3.05, 3.63) is 27.7 Å². The second-order valence-electron chi connectivity index (χ2n) is 7.22. The van der Waals surface area contributed by atoms with E-state index in [1.54, 1.807) is 9.58 Å². The molecule has 1 aromatic heterocycles. The summed E-state index contributed by atoms with van der Waals surface area (Å²) in [5.74, 6) is -0.948. The number of hydrazine groups is 1. The van der Waals surface area contributed by atoms with Crippen molar-refractivity contribution in [3.63, 3.8) is 0 Å². The Bertz CT molecular complexity index is 789. The largest absolute Gasteiger partial charge is 0.487 e. The quantitative estimate of drug-likeness (QED) is 0.500. The van der Waals surface area contributed by atoms with Crippen molar-refractivity contribution in [2.45, 2.75) is 59.0 Å². The molecule has 0 spiro atoms. The fourth-order valence-corrected chi connectivity index (χ4v) is 3.45. The number of nitrogens with zero attached hydrogens (tertiary/aromatic N) is 3. The summed E-state index contributed by atoms with van der Waals surface area (Å²) in [5, 5.41) is 3.63. The smallest absolute Gasteiger partial charge is 0.343 e. The van der Waals surface area contributed by atoms with Gasteiger partial charge in [-0.3, -0.25) is 14.6 Å². The molecular weight excluding hydrogens is 362 g/mol. The minimum absolute atomic E-state index is 0.0337. The van der Waals surface area contributed by atoms with Gasteiger partial charge >= 0.3 is 5.97 Å². The summed E-state index contributed by atoms with van der Waals surface area (Å²) in [6, 6.07) is 0. The molecule has 28 heavy (non-hydrogen) atoms. The lowest BCUT2D eigenvalue weighted by molar-refractivity contribution is -0.0623. The molecule has 1 saturated heterocycles. The number of aromatic nitrogens is 1. The molecule has 8 heteroatoms. The Kier molecular flexibility index (Phi) is 6.72. The summed E-state index contributed by atoms with van der Waals surface area (Å²) in [6.07, 6.45) is 6.67. The first-order valence-corrected chi connectivity index (χ1v) is 10.2. The van der Waals surface area contributed by atoms with E-state index < -0.39 is 11.4 Å². The lowest BCUT2D eigenvalue weighted by Gasteiger charge is -2.43. The van der Waals surface area contributed by atoms with Gasteiger partial charge in [0, 0.05) is 19.3 Å². The Morgan fingerprint density at radius 3 is 2.54 bits per heavy atom. The monoisotopic (exact) mass is 391 g/mol. The Labute approximate surface area is 165 Å². The number of carbonyl (C=O) groups is 2. The van der Waals surface area contributed by atoms with Crippen molar-refractivity contribution < 1.29 is 19.1 Å². The standard InChI is InChI=1S/C20H29N3O5/c1-3-5-11-27-18-16-19(25)23-10-8-7-9-22(23)14-21(16)13-15(17(18)24)20(26)28-12-6-4-2/h13H,3-12,14H2,1-2H3. The Morgan fingerprint density at radius 2 is 1.79 bits per heavy atom. The maximum absolute atomic E-state index is 13.1. The number of hydrogen-bond donors (Lipinski definition) is 0. The molecule has 0 atom stereocenters. The number of amides is 1. The van der Waals surface area contributed by atoms with E-state index in [0.29, 0.717) is 19.8 Å². The van der Waals surface area contributed by atoms with Crippen LogP contribution >= 0.6 is 0 Å². The molecule has 3 heterocycles. The van der Waals surface area contributed by atoms with Crippen LogP contribution < -0.4 is 10.2 Å². The molecule has 0 unspecified atom stereocenters. The minimum atomic E-state index is -0.664. The van der Waals surface area contributed by atoms with Crippen molar-refractivity contribution in [2.75, 3.05) is 26.3 Å². The lowest BCUT2D eigenvalue weighted by Crippen LogP contribution is -2.55. The zero-order valence-electron chi connectivity index (χ0n) is 16.7. The fourth-order valence-electron chi connectivity index (χ4n) is 3.45. The molecule has 0 aromatic carbocycles. The number of esters is 1. The lowest BCUT2D eigenvalue weighted by atomic mass is 10.1. The molecule has 1 aromatic rings. The van der Waals surface area contributed by atoms with Crippen LogP contribution in [0.3, 0.4) is 0 Å². The molecule has 2 aliphatic heterocycles. The second-order valence-corrected chi connectivity index (χ2v) is 7.22. The summed E-state index contributed by atoms with van der Waals surface area (Å²) in [5.41, 5.74) is -0.420. The van der Waals surface area contributed by atoms with Gasteiger partial charge in [0.25, 0.3) is 5.91 Å². The first kappa shape index (κ1) is 20.4. The van der Waals surface area contributed by atoms with Gasteiger partial charge in [-0.1, -0.05) is 26.7 Å². The summed E-state index contributed by atoms with van der Waals surface area (Å²) in [4.78, 5) is 38.5. The molecule has 154 valence electrons. The molecular formula is C20H29N3O5. The molecule has 0 radical (unpaired) electrons. The van der Waals surface area contributed by atoms with Gasteiger partial charge in [-0.05, 0) is 25.7 Å². The van der Waals surface area contributed by atoms with E-state index in [1.807, 2.05) is 18.9 Å². The van der Waals surface area contributed by atoms with Crippen LogP contribution in [0.15, 0.2) is 11.0 Å². The normalized spacial score (nSPS) is 16.5. The maximum atomic E-state index is 13.1. The van der Waals surface area contributed by atoms with E-state index in [1.165, 1.54) is 6.20 Å². The molecule has 0 saturated carbocycles. The van der Waals surface area contributed by atoms with Crippen LogP contribution in [0.25, 0.3) is 0 Å². The van der Waals surface area contributed by atoms with E-state index in [0.717, 1.165) is 45.1 Å². The second kappa shape index (κ2) is 9.23. The summed E-state index contributed by atoms with van der Waals surface area (Å²) >= 11 is 0. The van der Waals surface area contributed by atoms with E-state index in [4.69, 9.17) is 9.47 Å².